The molecule has 5 nitrogen and oxygen atoms in total. The number of thioether (sulfide) groups is 1. The van der Waals surface area contributed by atoms with Crippen LogP contribution >= 0.6 is 23.4 Å². The lowest BCUT2D eigenvalue weighted by molar-refractivity contribution is 0.583. The SMILES string of the molecule is CS(=O)(=O)C1CSCCN1c1ncc(CN)cc1Cl. The first-order valence-electron chi connectivity index (χ1n) is 5.81. The smallest absolute Gasteiger partial charge is 0.169 e. The van der Waals surface area contributed by atoms with Gasteiger partial charge in [-0.05, 0) is 11.6 Å². The number of pyridine rings is 1. The maximum atomic E-state index is 11.9. The summed E-state index contributed by atoms with van der Waals surface area (Å²) in [4.78, 5) is 6.05. The topological polar surface area (TPSA) is 76.3 Å². The van der Waals surface area contributed by atoms with Gasteiger partial charge >= 0.3 is 0 Å². The van der Waals surface area contributed by atoms with Gasteiger partial charge in [0, 0.05) is 37.0 Å². The zero-order valence-corrected chi connectivity index (χ0v) is 12.9. The summed E-state index contributed by atoms with van der Waals surface area (Å²) in [5.41, 5.74) is 6.36. The van der Waals surface area contributed by atoms with E-state index in [1.807, 2.05) is 0 Å². The molecule has 106 valence electrons. The predicted octanol–water partition coefficient (Wildman–Crippen LogP) is 1.12. The second-order valence-corrected chi connectivity index (χ2v) is 8.17. The molecule has 0 bridgehead atoms. The molecule has 0 saturated carbocycles. The number of nitrogens with zero attached hydrogens (tertiary/aromatic N) is 2. The van der Waals surface area contributed by atoms with Crippen LogP contribution in [0.3, 0.4) is 0 Å². The lowest BCUT2D eigenvalue weighted by Gasteiger charge is -2.35. The Morgan fingerprint density at radius 3 is 2.95 bits per heavy atom. The number of aromatic nitrogens is 1. The van der Waals surface area contributed by atoms with Gasteiger partial charge in [-0.2, -0.15) is 11.8 Å². The van der Waals surface area contributed by atoms with E-state index in [9.17, 15) is 8.42 Å². The number of sulfone groups is 1. The summed E-state index contributed by atoms with van der Waals surface area (Å²) < 4.78 is 23.7. The van der Waals surface area contributed by atoms with Gasteiger partial charge in [-0.3, -0.25) is 0 Å². The average Bonchev–Trinajstić information content (AvgIpc) is 2.37. The highest BCUT2D eigenvalue weighted by Gasteiger charge is 2.32. The highest BCUT2D eigenvalue weighted by atomic mass is 35.5. The van der Waals surface area contributed by atoms with Crippen LogP contribution in [-0.4, -0.2) is 43.1 Å². The molecule has 8 heteroatoms. The van der Waals surface area contributed by atoms with Gasteiger partial charge < -0.3 is 10.6 Å². The highest BCUT2D eigenvalue weighted by Crippen LogP contribution is 2.30. The average molecular weight is 322 g/mol. The normalized spacial score (nSPS) is 20.6. The van der Waals surface area contributed by atoms with Crippen LogP contribution < -0.4 is 10.6 Å². The third-order valence-electron chi connectivity index (χ3n) is 2.96. The molecule has 0 aromatic carbocycles. The maximum Gasteiger partial charge on any atom is 0.169 e. The molecule has 2 N–H and O–H groups in total. The van der Waals surface area contributed by atoms with Crippen LogP contribution in [0.15, 0.2) is 12.3 Å². The molecular weight excluding hydrogens is 306 g/mol. The van der Waals surface area contributed by atoms with Crippen LogP contribution in [0.25, 0.3) is 0 Å². The van der Waals surface area contributed by atoms with Crippen molar-refractivity contribution in [1.82, 2.24) is 4.98 Å². The van der Waals surface area contributed by atoms with E-state index in [-0.39, 0.29) is 0 Å². The third-order valence-corrected chi connectivity index (χ3v) is 5.89. The molecule has 19 heavy (non-hydrogen) atoms. The van der Waals surface area contributed by atoms with E-state index in [1.165, 1.54) is 6.26 Å². The molecule has 1 aliphatic rings. The van der Waals surface area contributed by atoms with Crippen molar-refractivity contribution in [3.63, 3.8) is 0 Å². The van der Waals surface area contributed by atoms with Gasteiger partial charge in [-0.1, -0.05) is 11.6 Å². The van der Waals surface area contributed by atoms with Crippen LogP contribution in [0.1, 0.15) is 5.56 Å². The molecule has 0 spiro atoms. The monoisotopic (exact) mass is 321 g/mol. The van der Waals surface area contributed by atoms with E-state index in [0.29, 0.717) is 29.7 Å². The lowest BCUT2D eigenvalue weighted by Crippen LogP contribution is -2.47. The summed E-state index contributed by atoms with van der Waals surface area (Å²) in [6, 6.07) is 1.74. The second kappa shape index (κ2) is 5.87. The zero-order chi connectivity index (χ0) is 14.0. The van der Waals surface area contributed by atoms with E-state index in [0.717, 1.165) is 11.3 Å². The molecule has 1 unspecified atom stereocenters. The Morgan fingerprint density at radius 2 is 2.37 bits per heavy atom. The number of halogens is 1. The van der Waals surface area contributed by atoms with Gasteiger partial charge in [0.1, 0.15) is 11.2 Å². The maximum absolute atomic E-state index is 11.9. The van der Waals surface area contributed by atoms with E-state index in [4.69, 9.17) is 17.3 Å². The van der Waals surface area contributed by atoms with Crippen LogP contribution in [0.2, 0.25) is 5.02 Å². The summed E-state index contributed by atoms with van der Waals surface area (Å²) in [6.07, 6.45) is 2.89. The molecule has 0 radical (unpaired) electrons. The predicted molar refractivity (Wildman–Crippen MR) is 80.4 cm³/mol. The van der Waals surface area contributed by atoms with Gasteiger partial charge in [0.2, 0.25) is 0 Å². The van der Waals surface area contributed by atoms with Crippen molar-refractivity contribution in [3.05, 3.63) is 22.8 Å². The Morgan fingerprint density at radius 1 is 1.63 bits per heavy atom. The zero-order valence-electron chi connectivity index (χ0n) is 10.5. The van der Waals surface area contributed by atoms with Crippen molar-refractivity contribution in [1.29, 1.82) is 0 Å². The van der Waals surface area contributed by atoms with Crippen molar-refractivity contribution in [2.75, 3.05) is 29.2 Å². The number of nitrogens with two attached hydrogens (primary N) is 1. The van der Waals surface area contributed by atoms with E-state index >= 15 is 0 Å². The van der Waals surface area contributed by atoms with Gasteiger partial charge in [-0.25, -0.2) is 13.4 Å². The minimum Gasteiger partial charge on any atom is -0.337 e. The first-order valence-corrected chi connectivity index (χ1v) is 9.30. The van der Waals surface area contributed by atoms with Crippen molar-refractivity contribution < 1.29 is 8.42 Å². The molecule has 2 heterocycles. The minimum atomic E-state index is -3.17. The molecule has 1 aliphatic heterocycles. The Balaban J connectivity index is 2.38. The molecule has 0 amide bonds. The summed E-state index contributed by atoms with van der Waals surface area (Å²) in [5, 5.41) is -0.122. The fourth-order valence-corrected chi connectivity index (χ4v) is 5.09. The van der Waals surface area contributed by atoms with E-state index < -0.39 is 15.2 Å². The van der Waals surface area contributed by atoms with E-state index in [1.54, 1.807) is 28.9 Å². The quantitative estimate of drug-likeness (QED) is 0.899. The number of hydrogen-bond donors (Lipinski definition) is 1. The second-order valence-electron chi connectivity index (χ2n) is 4.41. The van der Waals surface area contributed by atoms with Crippen molar-refractivity contribution >= 4 is 39.0 Å². The Kier molecular flexibility index (Phi) is 4.60. The summed E-state index contributed by atoms with van der Waals surface area (Å²) >= 11 is 7.83. The first kappa shape index (κ1) is 14.9. The number of anilines is 1. The van der Waals surface area contributed by atoms with Crippen LogP contribution in [0.5, 0.6) is 0 Å². The van der Waals surface area contributed by atoms with Crippen molar-refractivity contribution in [2.45, 2.75) is 11.9 Å². The Hall–Kier alpha value is -0.500. The molecule has 1 saturated heterocycles. The highest BCUT2D eigenvalue weighted by molar-refractivity contribution is 8.01. The summed E-state index contributed by atoms with van der Waals surface area (Å²) in [5.74, 6) is 1.92. The number of rotatable bonds is 3. The fourth-order valence-electron chi connectivity index (χ4n) is 1.97. The molecule has 1 aromatic heterocycles. The number of hydrogen-bond acceptors (Lipinski definition) is 6. The van der Waals surface area contributed by atoms with Gasteiger partial charge in [0.05, 0.1) is 5.02 Å². The molecule has 1 fully saturated rings. The van der Waals surface area contributed by atoms with Crippen LogP contribution in [0, 0.1) is 0 Å². The Bertz CT molecular complexity index is 565. The molecule has 2 rings (SSSR count). The molecule has 0 aliphatic carbocycles. The van der Waals surface area contributed by atoms with Crippen molar-refractivity contribution in [3.8, 4) is 0 Å². The van der Waals surface area contributed by atoms with Crippen molar-refractivity contribution in [2.24, 2.45) is 5.73 Å². The fraction of sp³-hybridized carbons (Fsp3) is 0.545. The standard InChI is InChI=1S/C11H16ClN3O2S2/c1-19(16,17)10-7-18-3-2-15(10)11-9(12)4-8(5-13)6-14-11/h4,6,10H,2-3,5,7,13H2,1H3. The van der Waals surface area contributed by atoms with Gasteiger partial charge in [0.25, 0.3) is 0 Å². The Labute approximate surface area is 122 Å². The van der Waals surface area contributed by atoms with Crippen LogP contribution in [0.4, 0.5) is 5.82 Å². The third kappa shape index (κ3) is 3.34. The minimum absolute atomic E-state index is 0.359. The van der Waals surface area contributed by atoms with Gasteiger partial charge in [-0.15, -0.1) is 0 Å². The lowest BCUT2D eigenvalue weighted by atomic mass is 10.3. The van der Waals surface area contributed by atoms with Gasteiger partial charge in [0.15, 0.2) is 9.84 Å². The molecule has 1 atom stereocenters. The molecular formula is C11H16ClN3O2S2. The largest absolute Gasteiger partial charge is 0.337 e. The summed E-state index contributed by atoms with van der Waals surface area (Å²) in [6.45, 7) is 0.982. The molecule has 1 aromatic rings. The van der Waals surface area contributed by atoms with Crippen LogP contribution in [-0.2, 0) is 16.4 Å². The van der Waals surface area contributed by atoms with E-state index in [2.05, 4.69) is 4.98 Å². The summed E-state index contributed by atoms with van der Waals surface area (Å²) in [7, 11) is -3.17. The first-order chi connectivity index (χ1) is 8.93.